The fourth-order valence-corrected chi connectivity index (χ4v) is 3.13. The van der Waals surface area contributed by atoms with Gasteiger partial charge in [0.15, 0.2) is 20.5 Å². The number of rotatable bonds is 2. The Morgan fingerprint density at radius 1 is 1.45 bits per heavy atom. The lowest BCUT2D eigenvalue weighted by atomic mass is 10.1. The first-order valence-corrected chi connectivity index (χ1v) is 8.00. The van der Waals surface area contributed by atoms with Crippen LogP contribution in [0.15, 0.2) is 5.03 Å². The minimum Gasteiger partial charge on any atom is -0.392 e. The van der Waals surface area contributed by atoms with E-state index in [4.69, 9.17) is 12.3 Å². The Kier molecular flexibility index (Phi) is 2.53. The summed E-state index contributed by atoms with van der Waals surface area (Å²) in [6.45, 7) is 8.98. The number of nitrogens with two attached hydrogens (primary N) is 1. The maximum Gasteiger partial charge on any atom is 0.264 e. The van der Waals surface area contributed by atoms with E-state index in [0.717, 1.165) is 30.4 Å². The van der Waals surface area contributed by atoms with Crippen molar-refractivity contribution in [2.75, 3.05) is 12.0 Å². The lowest BCUT2D eigenvalue weighted by Gasteiger charge is -2.07. The van der Waals surface area contributed by atoms with Crippen molar-refractivity contribution in [3.8, 4) is 0 Å². The van der Waals surface area contributed by atoms with Crippen molar-refractivity contribution in [2.24, 2.45) is 0 Å². The molecule has 0 radical (unpaired) electrons. The molecular formula is C12H13N5O2S. The van der Waals surface area contributed by atoms with Crippen molar-refractivity contribution >= 4 is 27.0 Å². The van der Waals surface area contributed by atoms with Crippen LogP contribution in [0.25, 0.3) is 10.5 Å². The summed E-state index contributed by atoms with van der Waals surface area (Å²) >= 11 is 0. The van der Waals surface area contributed by atoms with Crippen LogP contribution in [0.4, 0.5) is 11.5 Å². The molecule has 0 spiro atoms. The van der Waals surface area contributed by atoms with E-state index in [2.05, 4.69) is 14.9 Å². The summed E-state index contributed by atoms with van der Waals surface area (Å²) in [4.78, 5) is 7.39. The van der Waals surface area contributed by atoms with E-state index < -0.39 is 9.84 Å². The van der Waals surface area contributed by atoms with Crippen LogP contribution in [0.5, 0.6) is 0 Å². The van der Waals surface area contributed by atoms with Crippen LogP contribution in [-0.4, -0.2) is 29.3 Å². The molecule has 0 bridgehead atoms. The van der Waals surface area contributed by atoms with Crippen LogP contribution in [-0.2, 0) is 9.84 Å². The second-order valence-electron chi connectivity index (χ2n) is 5.04. The third-order valence-corrected chi connectivity index (χ3v) is 4.40. The molecule has 0 amide bonds. The van der Waals surface area contributed by atoms with Crippen molar-refractivity contribution < 1.29 is 8.42 Å². The van der Waals surface area contributed by atoms with E-state index in [1.807, 2.05) is 6.92 Å². The molecule has 104 valence electrons. The summed E-state index contributed by atoms with van der Waals surface area (Å²) in [6.07, 6.45) is 3.12. The Morgan fingerprint density at radius 2 is 2.10 bits per heavy atom. The average molecular weight is 291 g/mol. The Balaban J connectivity index is 2.47. The first-order chi connectivity index (χ1) is 9.34. The number of aryl methyl sites for hydroxylation is 1. The van der Waals surface area contributed by atoms with Crippen LogP contribution >= 0.6 is 0 Å². The number of fused-ring (bicyclic) bond motifs is 1. The predicted octanol–water partition coefficient (Wildman–Crippen LogP) is 1.45. The standard InChI is InChI=1S/C12H13N5O2S/c1-6-8(7-4-5-7)11-15-12(20(3,18)19)9(14-2)10(13)17(11)16-6/h7H,4-5,13H2,1,3H3. The highest BCUT2D eigenvalue weighted by Gasteiger charge is 2.32. The molecule has 0 aliphatic heterocycles. The largest absolute Gasteiger partial charge is 0.392 e. The molecular weight excluding hydrogens is 278 g/mol. The first-order valence-electron chi connectivity index (χ1n) is 6.10. The molecule has 7 nitrogen and oxygen atoms in total. The minimum absolute atomic E-state index is 0.0282. The Hall–Kier alpha value is -2.14. The van der Waals surface area contributed by atoms with Gasteiger partial charge in [-0.2, -0.15) is 5.10 Å². The molecule has 1 aliphatic rings. The van der Waals surface area contributed by atoms with E-state index in [1.54, 1.807) is 0 Å². The molecule has 8 heteroatoms. The number of nitrogen functional groups attached to an aromatic ring is 1. The van der Waals surface area contributed by atoms with Gasteiger partial charge in [-0.3, -0.25) is 0 Å². The predicted molar refractivity (Wildman–Crippen MR) is 73.5 cm³/mol. The first kappa shape index (κ1) is 12.9. The van der Waals surface area contributed by atoms with Gasteiger partial charge >= 0.3 is 0 Å². The maximum atomic E-state index is 11.8. The van der Waals surface area contributed by atoms with E-state index in [0.29, 0.717) is 11.6 Å². The van der Waals surface area contributed by atoms with Gasteiger partial charge in [0.25, 0.3) is 5.69 Å². The molecule has 2 N–H and O–H groups in total. The molecule has 1 aliphatic carbocycles. The number of hydrogen-bond donors (Lipinski definition) is 1. The van der Waals surface area contributed by atoms with Gasteiger partial charge in [-0.25, -0.2) is 22.8 Å². The monoisotopic (exact) mass is 291 g/mol. The molecule has 1 fully saturated rings. The van der Waals surface area contributed by atoms with Crippen LogP contribution in [0, 0.1) is 13.5 Å². The highest BCUT2D eigenvalue weighted by Crippen LogP contribution is 2.44. The van der Waals surface area contributed by atoms with Crippen molar-refractivity contribution in [2.45, 2.75) is 30.7 Å². The van der Waals surface area contributed by atoms with Gasteiger partial charge < -0.3 is 5.73 Å². The SMILES string of the molecule is [C-]#[N+]c1c(S(C)(=O)=O)nc2c(C3CC3)c(C)nn2c1N. The summed E-state index contributed by atoms with van der Waals surface area (Å²) in [6, 6.07) is 0. The molecule has 1 saturated carbocycles. The lowest BCUT2D eigenvalue weighted by Crippen LogP contribution is -2.08. The van der Waals surface area contributed by atoms with Gasteiger partial charge in [-0.15, -0.1) is 0 Å². The molecule has 0 atom stereocenters. The quantitative estimate of drug-likeness (QED) is 0.667. The van der Waals surface area contributed by atoms with Gasteiger partial charge in [0.05, 0.1) is 12.3 Å². The van der Waals surface area contributed by atoms with Gasteiger partial charge in [-0.05, 0) is 25.7 Å². The van der Waals surface area contributed by atoms with Crippen LogP contribution < -0.4 is 5.73 Å². The van der Waals surface area contributed by atoms with Crippen molar-refractivity contribution in [1.82, 2.24) is 14.6 Å². The molecule has 2 aromatic heterocycles. The topological polar surface area (TPSA) is 94.7 Å². The van der Waals surface area contributed by atoms with E-state index in [9.17, 15) is 8.42 Å². The number of aromatic nitrogens is 3. The van der Waals surface area contributed by atoms with Gasteiger partial charge in [-0.1, -0.05) is 0 Å². The maximum absolute atomic E-state index is 11.8. The lowest BCUT2D eigenvalue weighted by molar-refractivity contribution is 0.599. The molecule has 20 heavy (non-hydrogen) atoms. The van der Waals surface area contributed by atoms with Crippen LogP contribution in [0.3, 0.4) is 0 Å². The Morgan fingerprint density at radius 3 is 2.60 bits per heavy atom. The molecule has 2 aromatic rings. The highest BCUT2D eigenvalue weighted by atomic mass is 32.2. The fourth-order valence-electron chi connectivity index (χ4n) is 2.38. The van der Waals surface area contributed by atoms with Crippen molar-refractivity contribution in [3.05, 3.63) is 22.7 Å². The van der Waals surface area contributed by atoms with Crippen LogP contribution in [0.2, 0.25) is 0 Å². The number of nitrogens with zero attached hydrogens (tertiary/aromatic N) is 4. The third kappa shape index (κ3) is 1.74. The van der Waals surface area contributed by atoms with Gasteiger partial charge in [0, 0.05) is 11.8 Å². The number of hydrogen-bond acceptors (Lipinski definition) is 5. The van der Waals surface area contributed by atoms with E-state index >= 15 is 0 Å². The van der Waals surface area contributed by atoms with Gasteiger partial charge in [0.2, 0.25) is 0 Å². The Labute approximate surface area is 116 Å². The zero-order valence-electron chi connectivity index (χ0n) is 11.1. The minimum atomic E-state index is -3.62. The van der Waals surface area contributed by atoms with E-state index in [-0.39, 0.29) is 16.5 Å². The molecule has 0 unspecified atom stereocenters. The number of anilines is 1. The fraction of sp³-hybridized carbons (Fsp3) is 0.417. The van der Waals surface area contributed by atoms with Gasteiger partial charge in [0.1, 0.15) is 5.82 Å². The molecule has 0 saturated heterocycles. The van der Waals surface area contributed by atoms with Crippen molar-refractivity contribution in [3.63, 3.8) is 0 Å². The smallest absolute Gasteiger partial charge is 0.264 e. The molecule has 0 aromatic carbocycles. The second kappa shape index (κ2) is 3.93. The molecule has 3 rings (SSSR count). The third-order valence-electron chi connectivity index (χ3n) is 3.41. The summed E-state index contributed by atoms with van der Waals surface area (Å²) in [5.41, 5.74) is 7.93. The summed E-state index contributed by atoms with van der Waals surface area (Å²) in [7, 11) is -3.62. The van der Waals surface area contributed by atoms with Crippen LogP contribution in [0.1, 0.15) is 30.0 Å². The second-order valence-corrected chi connectivity index (χ2v) is 6.97. The average Bonchev–Trinajstić information content (AvgIpc) is 3.11. The van der Waals surface area contributed by atoms with E-state index in [1.165, 1.54) is 4.52 Å². The Bertz CT molecular complexity index is 872. The normalized spacial score (nSPS) is 15.4. The summed E-state index contributed by atoms with van der Waals surface area (Å²) in [5, 5.41) is 4.03. The van der Waals surface area contributed by atoms with Crippen molar-refractivity contribution in [1.29, 1.82) is 0 Å². The highest BCUT2D eigenvalue weighted by molar-refractivity contribution is 7.90. The number of sulfone groups is 1. The summed E-state index contributed by atoms with van der Waals surface area (Å²) in [5.74, 6) is 0.394. The molecule has 2 heterocycles. The summed E-state index contributed by atoms with van der Waals surface area (Å²) < 4.78 is 25.0. The zero-order valence-corrected chi connectivity index (χ0v) is 11.9. The zero-order chi connectivity index (χ0) is 14.7.